The zero-order valence-corrected chi connectivity index (χ0v) is 18.5. The third-order valence-corrected chi connectivity index (χ3v) is 5.53. The van der Waals surface area contributed by atoms with Gasteiger partial charge in [-0.2, -0.15) is 0 Å². The third-order valence-electron chi connectivity index (χ3n) is 5.53. The minimum Gasteiger partial charge on any atom is -0.497 e. The average molecular weight is 424 g/mol. The smallest absolute Gasteiger partial charge is 0.410 e. The van der Waals surface area contributed by atoms with E-state index in [0.717, 1.165) is 40.8 Å². The maximum absolute atomic E-state index is 12.4. The number of piperidine rings is 1. The van der Waals surface area contributed by atoms with Crippen molar-refractivity contribution < 1.29 is 14.3 Å². The molecule has 3 aromatic rings. The summed E-state index contributed by atoms with van der Waals surface area (Å²) in [5.74, 6) is 1.23. The van der Waals surface area contributed by atoms with Crippen LogP contribution in [-0.2, 0) is 4.74 Å². The van der Waals surface area contributed by atoms with Crippen molar-refractivity contribution in [2.75, 3.05) is 25.9 Å². The van der Waals surface area contributed by atoms with Gasteiger partial charge >= 0.3 is 6.09 Å². The Kier molecular flexibility index (Phi) is 5.47. The Hall–Kier alpha value is -3.29. The second-order valence-electron chi connectivity index (χ2n) is 8.84. The monoisotopic (exact) mass is 423 g/mol. The molecule has 0 saturated carbocycles. The Morgan fingerprint density at radius 2 is 1.94 bits per heavy atom. The van der Waals surface area contributed by atoms with Crippen molar-refractivity contribution in [1.29, 1.82) is 0 Å². The minimum absolute atomic E-state index is 0.204. The van der Waals surface area contributed by atoms with E-state index in [-0.39, 0.29) is 12.1 Å². The van der Waals surface area contributed by atoms with E-state index in [1.165, 1.54) is 6.33 Å². The molecular weight excluding hydrogens is 394 g/mol. The summed E-state index contributed by atoms with van der Waals surface area (Å²) >= 11 is 0. The zero-order chi connectivity index (χ0) is 22.2. The molecule has 1 saturated heterocycles. The molecule has 0 spiro atoms. The first-order chi connectivity index (χ1) is 14.8. The summed E-state index contributed by atoms with van der Waals surface area (Å²) in [6.45, 7) is 6.91. The predicted molar refractivity (Wildman–Crippen MR) is 120 cm³/mol. The molecule has 8 nitrogen and oxygen atoms in total. The van der Waals surface area contributed by atoms with Gasteiger partial charge in [0.1, 0.15) is 29.1 Å². The maximum atomic E-state index is 12.4. The van der Waals surface area contributed by atoms with Gasteiger partial charge < -0.3 is 24.7 Å². The van der Waals surface area contributed by atoms with E-state index in [2.05, 4.69) is 20.7 Å². The van der Waals surface area contributed by atoms with Gasteiger partial charge in [-0.15, -0.1) is 0 Å². The Morgan fingerprint density at radius 3 is 2.61 bits per heavy atom. The molecule has 1 aliphatic rings. The number of benzene rings is 1. The fraction of sp³-hybridized carbons (Fsp3) is 0.435. The number of nitrogen functional groups attached to an aromatic ring is 1. The molecular formula is C23H29N5O3. The van der Waals surface area contributed by atoms with Gasteiger partial charge in [0, 0.05) is 30.9 Å². The predicted octanol–water partition coefficient (Wildman–Crippen LogP) is 4.26. The number of hydrogen-bond acceptors (Lipinski definition) is 6. The molecule has 1 amide bonds. The third kappa shape index (κ3) is 4.28. The number of carbonyl (C=O) groups is 1. The first-order valence-corrected chi connectivity index (χ1v) is 10.5. The first kappa shape index (κ1) is 21.0. The quantitative estimate of drug-likeness (QED) is 0.676. The van der Waals surface area contributed by atoms with Gasteiger partial charge in [-0.05, 0) is 51.3 Å². The van der Waals surface area contributed by atoms with Crippen LogP contribution in [-0.4, -0.2) is 51.3 Å². The Morgan fingerprint density at radius 1 is 1.19 bits per heavy atom. The van der Waals surface area contributed by atoms with Crippen molar-refractivity contribution in [2.24, 2.45) is 0 Å². The summed E-state index contributed by atoms with van der Waals surface area (Å²) in [6.07, 6.45) is 4.96. The number of methoxy groups -OCH3 is 1. The highest BCUT2D eigenvalue weighted by molar-refractivity contribution is 6.00. The number of fused-ring (bicyclic) bond motifs is 1. The summed E-state index contributed by atoms with van der Waals surface area (Å²) in [4.78, 5) is 22.9. The number of carbonyl (C=O) groups excluding carboxylic acids is 1. The van der Waals surface area contributed by atoms with E-state index in [1.807, 2.05) is 45.0 Å². The van der Waals surface area contributed by atoms with E-state index < -0.39 is 5.60 Å². The molecule has 1 fully saturated rings. The molecule has 0 atom stereocenters. The molecule has 0 unspecified atom stereocenters. The molecule has 0 radical (unpaired) electrons. The number of likely N-dealkylation sites (tertiary alicyclic amines) is 1. The number of amides is 1. The van der Waals surface area contributed by atoms with E-state index >= 15 is 0 Å². The SMILES string of the molecule is COc1cccc(-c2cn(C3CCN(C(=O)OC(C)(C)C)CC3)c3ncnc(N)c23)c1. The van der Waals surface area contributed by atoms with Crippen LogP contribution in [0.4, 0.5) is 10.6 Å². The largest absolute Gasteiger partial charge is 0.497 e. The van der Waals surface area contributed by atoms with Crippen molar-refractivity contribution in [3.63, 3.8) is 0 Å². The van der Waals surface area contributed by atoms with E-state index in [1.54, 1.807) is 12.0 Å². The van der Waals surface area contributed by atoms with Crippen molar-refractivity contribution in [1.82, 2.24) is 19.4 Å². The van der Waals surface area contributed by atoms with Gasteiger partial charge in [-0.25, -0.2) is 14.8 Å². The lowest BCUT2D eigenvalue weighted by molar-refractivity contribution is 0.0189. The Labute approximate surface area is 182 Å². The Bertz CT molecular complexity index is 1090. The van der Waals surface area contributed by atoms with E-state index in [9.17, 15) is 4.79 Å². The molecule has 2 aromatic heterocycles. The Balaban J connectivity index is 1.64. The molecule has 4 rings (SSSR count). The van der Waals surface area contributed by atoms with Crippen molar-refractivity contribution in [2.45, 2.75) is 45.3 Å². The van der Waals surface area contributed by atoms with Gasteiger partial charge in [-0.3, -0.25) is 0 Å². The average Bonchev–Trinajstić information content (AvgIpc) is 3.14. The number of aromatic nitrogens is 3. The lowest BCUT2D eigenvalue weighted by Gasteiger charge is -2.34. The molecule has 1 aromatic carbocycles. The van der Waals surface area contributed by atoms with Crippen LogP contribution in [0.25, 0.3) is 22.2 Å². The lowest BCUT2D eigenvalue weighted by atomic mass is 10.1. The van der Waals surface area contributed by atoms with Crippen LogP contribution in [0.2, 0.25) is 0 Å². The number of ether oxygens (including phenoxy) is 2. The van der Waals surface area contributed by atoms with Gasteiger partial charge in [0.05, 0.1) is 12.5 Å². The molecule has 0 aliphatic carbocycles. The summed E-state index contributed by atoms with van der Waals surface area (Å²) in [5, 5.41) is 0.838. The molecule has 2 N–H and O–H groups in total. The zero-order valence-electron chi connectivity index (χ0n) is 18.5. The number of nitrogens with zero attached hydrogens (tertiary/aromatic N) is 4. The fourth-order valence-corrected chi connectivity index (χ4v) is 4.05. The van der Waals surface area contributed by atoms with Crippen LogP contribution in [0, 0.1) is 0 Å². The van der Waals surface area contributed by atoms with Crippen LogP contribution in [0.15, 0.2) is 36.8 Å². The summed E-state index contributed by atoms with van der Waals surface area (Å²) in [7, 11) is 1.65. The second-order valence-corrected chi connectivity index (χ2v) is 8.84. The van der Waals surface area contributed by atoms with Crippen LogP contribution in [0.1, 0.15) is 39.7 Å². The molecule has 3 heterocycles. The summed E-state index contributed by atoms with van der Waals surface area (Å²) in [5.41, 5.74) is 8.54. The van der Waals surface area contributed by atoms with Crippen LogP contribution in [0.3, 0.4) is 0 Å². The number of hydrogen-bond donors (Lipinski definition) is 1. The van der Waals surface area contributed by atoms with Gasteiger partial charge in [0.2, 0.25) is 0 Å². The number of anilines is 1. The normalized spacial score (nSPS) is 15.3. The van der Waals surface area contributed by atoms with Crippen LogP contribution < -0.4 is 10.5 Å². The summed E-state index contributed by atoms with van der Waals surface area (Å²) in [6, 6.07) is 8.08. The van der Waals surface area contributed by atoms with Crippen LogP contribution >= 0.6 is 0 Å². The van der Waals surface area contributed by atoms with Crippen molar-refractivity contribution in [3.05, 3.63) is 36.8 Å². The molecule has 1 aliphatic heterocycles. The maximum Gasteiger partial charge on any atom is 0.410 e. The first-order valence-electron chi connectivity index (χ1n) is 10.5. The molecule has 31 heavy (non-hydrogen) atoms. The number of nitrogens with two attached hydrogens (primary N) is 1. The molecule has 8 heteroatoms. The van der Waals surface area contributed by atoms with Gasteiger partial charge in [0.25, 0.3) is 0 Å². The molecule has 0 bridgehead atoms. The number of rotatable bonds is 3. The topological polar surface area (TPSA) is 95.5 Å². The summed E-state index contributed by atoms with van der Waals surface area (Å²) < 4.78 is 13.1. The van der Waals surface area contributed by atoms with Crippen LogP contribution in [0.5, 0.6) is 5.75 Å². The highest BCUT2D eigenvalue weighted by Crippen LogP contribution is 2.37. The second kappa shape index (κ2) is 8.09. The molecule has 164 valence electrons. The minimum atomic E-state index is -0.495. The standard InChI is InChI=1S/C23H29N5O3/c1-23(2,3)31-22(29)27-10-8-16(9-11-27)28-13-18(15-6-5-7-17(12-15)30-4)19-20(24)25-14-26-21(19)28/h5-7,12-14,16H,8-11H2,1-4H3,(H2,24,25,26). The highest BCUT2D eigenvalue weighted by Gasteiger charge is 2.29. The highest BCUT2D eigenvalue weighted by atomic mass is 16.6. The van der Waals surface area contributed by atoms with Gasteiger partial charge in [0.15, 0.2) is 0 Å². The van der Waals surface area contributed by atoms with E-state index in [0.29, 0.717) is 18.9 Å². The van der Waals surface area contributed by atoms with E-state index in [4.69, 9.17) is 15.2 Å². The van der Waals surface area contributed by atoms with Gasteiger partial charge in [-0.1, -0.05) is 12.1 Å². The van der Waals surface area contributed by atoms with Crippen molar-refractivity contribution >= 4 is 22.9 Å². The fourth-order valence-electron chi connectivity index (χ4n) is 4.05. The van der Waals surface area contributed by atoms with Crippen molar-refractivity contribution in [3.8, 4) is 16.9 Å². The lowest BCUT2D eigenvalue weighted by Crippen LogP contribution is -2.42.